The molecule has 0 amide bonds. The van der Waals surface area contributed by atoms with E-state index >= 15 is 0 Å². The quantitative estimate of drug-likeness (QED) is 0.644. The van der Waals surface area contributed by atoms with Crippen LogP contribution < -0.4 is 15.2 Å². The zero-order valence-corrected chi connectivity index (χ0v) is 10.7. The zero-order valence-electron chi connectivity index (χ0n) is 10.7. The van der Waals surface area contributed by atoms with Gasteiger partial charge in [-0.25, -0.2) is 4.98 Å². The minimum atomic E-state index is 0.263. The van der Waals surface area contributed by atoms with Gasteiger partial charge in [-0.15, -0.1) is 0 Å². The Labute approximate surface area is 106 Å². The fraction of sp³-hybridized carbons (Fsp3) is 0.636. The highest BCUT2D eigenvalue weighted by atomic mass is 16.5. The molecule has 0 fully saturated rings. The van der Waals surface area contributed by atoms with Crippen molar-refractivity contribution in [2.75, 3.05) is 46.4 Å². The molecule has 0 spiro atoms. The summed E-state index contributed by atoms with van der Waals surface area (Å²) < 4.78 is 20.7. The Bertz CT molecular complexity index is 349. The maximum atomic E-state index is 5.62. The number of rotatable bonds is 9. The monoisotopic (exact) mass is 257 g/mol. The van der Waals surface area contributed by atoms with Crippen molar-refractivity contribution < 1.29 is 18.9 Å². The Kier molecular flexibility index (Phi) is 6.82. The number of nitrogens with zero attached hydrogens (tertiary/aromatic N) is 2. The van der Waals surface area contributed by atoms with E-state index in [0.29, 0.717) is 38.1 Å². The first-order chi connectivity index (χ1) is 8.79. The van der Waals surface area contributed by atoms with Crippen molar-refractivity contribution >= 4 is 5.82 Å². The summed E-state index contributed by atoms with van der Waals surface area (Å²) in [5.74, 6) is 0.971. The molecular weight excluding hydrogens is 238 g/mol. The molecule has 0 aromatic carbocycles. The molecule has 0 unspecified atom stereocenters. The maximum Gasteiger partial charge on any atom is 0.262 e. The summed E-state index contributed by atoms with van der Waals surface area (Å²) in [4.78, 5) is 7.77. The average molecular weight is 257 g/mol. The van der Waals surface area contributed by atoms with Crippen molar-refractivity contribution in [2.45, 2.75) is 6.42 Å². The summed E-state index contributed by atoms with van der Waals surface area (Å²) in [5, 5.41) is 0. The lowest BCUT2D eigenvalue weighted by atomic mass is 10.4. The molecule has 1 aromatic rings. The number of nitrogens with two attached hydrogens (primary N) is 1. The highest BCUT2D eigenvalue weighted by Crippen LogP contribution is 2.28. The molecule has 0 aliphatic carbocycles. The van der Waals surface area contributed by atoms with Crippen LogP contribution in [-0.4, -0.2) is 50.6 Å². The minimum absolute atomic E-state index is 0.263. The topological polar surface area (TPSA) is 88.7 Å². The third kappa shape index (κ3) is 4.72. The van der Waals surface area contributed by atoms with Gasteiger partial charge >= 0.3 is 0 Å². The van der Waals surface area contributed by atoms with Crippen LogP contribution in [0.4, 0.5) is 5.82 Å². The average Bonchev–Trinajstić information content (AvgIpc) is 2.38. The molecule has 1 heterocycles. The Morgan fingerprint density at radius 1 is 1.11 bits per heavy atom. The molecule has 1 rings (SSSR count). The summed E-state index contributed by atoms with van der Waals surface area (Å²) >= 11 is 0. The zero-order chi connectivity index (χ0) is 13.2. The molecule has 2 N–H and O–H groups in total. The van der Waals surface area contributed by atoms with E-state index in [1.807, 2.05) is 0 Å². The second-order valence-electron chi connectivity index (χ2n) is 3.40. The van der Waals surface area contributed by atoms with Gasteiger partial charge in [-0.2, -0.15) is 4.98 Å². The van der Waals surface area contributed by atoms with Gasteiger partial charge in [-0.3, -0.25) is 0 Å². The van der Waals surface area contributed by atoms with Crippen LogP contribution in [0.2, 0.25) is 0 Å². The molecule has 0 radical (unpaired) electrons. The van der Waals surface area contributed by atoms with Crippen molar-refractivity contribution in [3.05, 3.63) is 6.33 Å². The van der Waals surface area contributed by atoms with Crippen LogP contribution in [-0.2, 0) is 9.47 Å². The van der Waals surface area contributed by atoms with E-state index in [4.69, 9.17) is 24.7 Å². The Morgan fingerprint density at radius 3 is 2.67 bits per heavy atom. The summed E-state index contributed by atoms with van der Waals surface area (Å²) in [7, 11) is 3.13. The number of ether oxygens (including phenoxy) is 4. The molecule has 7 nitrogen and oxygen atoms in total. The third-order valence-electron chi connectivity index (χ3n) is 2.11. The second kappa shape index (κ2) is 8.48. The molecule has 0 atom stereocenters. The predicted octanol–water partition coefficient (Wildman–Crippen LogP) is 0.499. The van der Waals surface area contributed by atoms with E-state index in [9.17, 15) is 0 Å². The molecule has 0 saturated carbocycles. The maximum absolute atomic E-state index is 5.62. The van der Waals surface area contributed by atoms with Crippen molar-refractivity contribution in [3.63, 3.8) is 0 Å². The summed E-state index contributed by atoms with van der Waals surface area (Å²) in [5.41, 5.74) is 5.62. The lowest BCUT2D eigenvalue weighted by Gasteiger charge is -2.10. The van der Waals surface area contributed by atoms with E-state index in [2.05, 4.69) is 9.97 Å². The Balaban J connectivity index is 2.25. The van der Waals surface area contributed by atoms with E-state index in [1.54, 1.807) is 7.11 Å². The number of hydrogen-bond acceptors (Lipinski definition) is 7. The molecule has 102 valence electrons. The van der Waals surface area contributed by atoms with Gasteiger partial charge in [0, 0.05) is 20.1 Å². The van der Waals surface area contributed by atoms with Crippen LogP contribution in [0.15, 0.2) is 6.33 Å². The van der Waals surface area contributed by atoms with Gasteiger partial charge in [0.2, 0.25) is 5.75 Å². The first kappa shape index (κ1) is 14.5. The van der Waals surface area contributed by atoms with Gasteiger partial charge in [-0.1, -0.05) is 0 Å². The highest BCUT2D eigenvalue weighted by Gasteiger charge is 2.10. The SMILES string of the molecule is COCCOCCCOc1ncnc(N)c1OC. The van der Waals surface area contributed by atoms with Crippen LogP contribution in [0, 0.1) is 0 Å². The molecule has 0 aliphatic rings. The standard InChI is InChI=1S/C11H19N3O4/c1-15-6-7-17-4-3-5-18-11-9(16-2)10(12)13-8-14-11/h8H,3-7H2,1-2H3,(H2,12,13,14). The van der Waals surface area contributed by atoms with Gasteiger partial charge in [0.25, 0.3) is 5.88 Å². The Hall–Kier alpha value is -1.60. The molecular formula is C11H19N3O4. The highest BCUT2D eigenvalue weighted by molar-refractivity contribution is 5.51. The molecule has 0 aliphatic heterocycles. The molecule has 1 aromatic heterocycles. The molecule has 0 saturated heterocycles. The predicted molar refractivity (Wildman–Crippen MR) is 65.8 cm³/mol. The van der Waals surface area contributed by atoms with E-state index in [0.717, 1.165) is 6.42 Å². The first-order valence-electron chi connectivity index (χ1n) is 5.63. The minimum Gasteiger partial charge on any atom is -0.489 e. The van der Waals surface area contributed by atoms with Crippen LogP contribution >= 0.6 is 0 Å². The number of nitrogen functional groups attached to an aromatic ring is 1. The fourth-order valence-corrected chi connectivity index (χ4v) is 1.24. The largest absolute Gasteiger partial charge is 0.489 e. The van der Waals surface area contributed by atoms with E-state index < -0.39 is 0 Å². The molecule has 18 heavy (non-hydrogen) atoms. The van der Waals surface area contributed by atoms with Crippen molar-refractivity contribution in [1.82, 2.24) is 9.97 Å². The van der Waals surface area contributed by atoms with Gasteiger partial charge < -0.3 is 24.7 Å². The summed E-state index contributed by atoms with van der Waals surface area (Å²) in [6.45, 7) is 2.25. The van der Waals surface area contributed by atoms with Crippen molar-refractivity contribution in [2.24, 2.45) is 0 Å². The van der Waals surface area contributed by atoms with Gasteiger partial charge in [0.1, 0.15) is 6.33 Å². The lowest BCUT2D eigenvalue weighted by molar-refractivity contribution is 0.0640. The number of hydrogen-bond donors (Lipinski definition) is 1. The van der Waals surface area contributed by atoms with Crippen LogP contribution in [0.25, 0.3) is 0 Å². The molecule has 7 heteroatoms. The first-order valence-corrected chi connectivity index (χ1v) is 5.63. The van der Waals surface area contributed by atoms with Crippen LogP contribution in [0.1, 0.15) is 6.42 Å². The lowest BCUT2D eigenvalue weighted by Crippen LogP contribution is -2.08. The number of methoxy groups -OCH3 is 2. The van der Waals surface area contributed by atoms with Crippen molar-refractivity contribution in [1.29, 1.82) is 0 Å². The van der Waals surface area contributed by atoms with Crippen LogP contribution in [0.5, 0.6) is 11.6 Å². The smallest absolute Gasteiger partial charge is 0.262 e. The second-order valence-corrected chi connectivity index (χ2v) is 3.40. The summed E-state index contributed by atoms with van der Waals surface area (Å²) in [6, 6.07) is 0. The summed E-state index contributed by atoms with van der Waals surface area (Å²) in [6.07, 6.45) is 2.08. The van der Waals surface area contributed by atoms with E-state index in [-0.39, 0.29) is 5.82 Å². The number of aromatic nitrogens is 2. The fourth-order valence-electron chi connectivity index (χ4n) is 1.24. The number of anilines is 1. The normalized spacial score (nSPS) is 10.3. The third-order valence-corrected chi connectivity index (χ3v) is 2.11. The van der Waals surface area contributed by atoms with Gasteiger partial charge in [0.15, 0.2) is 5.82 Å². The Morgan fingerprint density at radius 2 is 1.94 bits per heavy atom. The van der Waals surface area contributed by atoms with E-state index in [1.165, 1.54) is 13.4 Å². The molecule has 0 bridgehead atoms. The van der Waals surface area contributed by atoms with Crippen LogP contribution in [0.3, 0.4) is 0 Å². The van der Waals surface area contributed by atoms with Gasteiger partial charge in [-0.05, 0) is 0 Å². The van der Waals surface area contributed by atoms with Crippen molar-refractivity contribution in [3.8, 4) is 11.6 Å². The van der Waals surface area contributed by atoms with Gasteiger partial charge in [0.05, 0.1) is 26.9 Å².